The van der Waals surface area contributed by atoms with Gasteiger partial charge in [0.2, 0.25) is 15.9 Å². The molecule has 2 aromatic carbocycles. The first kappa shape index (κ1) is 23.6. The predicted molar refractivity (Wildman–Crippen MR) is 110 cm³/mol. The van der Waals surface area contributed by atoms with Crippen LogP contribution in [0.15, 0.2) is 48.5 Å². The lowest BCUT2D eigenvalue weighted by molar-refractivity contribution is -0.274. The number of alkyl halides is 3. The number of anilines is 2. The second-order valence-corrected chi connectivity index (χ2v) is 8.59. The summed E-state index contributed by atoms with van der Waals surface area (Å²) in [4.78, 5) is 12.4. The van der Waals surface area contributed by atoms with Gasteiger partial charge in [-0.25, -0.2) is 19.3 Å². The third-order valence-electron chi connectivity index (χ3n) is 4.34. The first-order chi connectivity index (χ1) is 15.1. The van der Waals surface area contributed by atoms with Gasteiger partial charge in [-0.2, -0.15) is 0 Å². The number of carbonyl (C=O) groups is 1. The number of hydrazine groups is 1. The minimum atomic E-state index is -4.82. The van der Waals surface area contributed by atoms with Gasteiger partial charge in [0, 0.05) is 17.8 Å². The number of hydrogen-bond donors (Lipinski definition) is 4. The van der Waals surface area contributed by atoms with Crippen LogP contribution in [-0.2, 0) is 14.8 Å². The van der Waals surface area contributed by atoms with Crippen molar-refractivity contribution in [2.75, 3.05) is 16.6 Å². The van der Waals surface area contributed by atoms with E-state index in [0.717, 1.165) is 12.1 Å². The average Bonchev–Trinajstić information content (AvgIpc) is 3.21. The van der Waals surface area contributed by atoms with E-state index in [9.17, 15) is 26.4 Å². The van der Waals surface area contributed by atoms with Gasteiger partial charge in [-0.05, 0) is 55.5 Å². The van der Waals surface area contributed by atoms with E-state index >= 15 is 0 Å². The number of carbonyl (C=O) groups excluding carboxylic acids is 1. The van der Waals surface area contributed by atoms with Crippen molar-refractivity contribution in [3.05, 3.63) is 48.5 Å². The Balaban J connectivity index is 1.55. The summed E-state index contributed by atoms with van der Waals surface area (Å²) >= 11 is 0. The molecule has 0 aliphatic carbocycles. The molecule has 0 aromatic heterocycles. The third-order valence-corrected chi connectivity index (χ3v) is 5.92. The molecule has 1 aliphatic heterocycles. The highest BCUT2D eigenvalue weighted by Crippen LogP contribution is 2.24. The van der Waals surface area contributed by atoms with E-state index in [0.29, 0.717) is 18.0 Å². The van der Waals surface area contributed by atoms with Crippen LogP contribution in [0.1, 0.15) is 13.3 Å². The molecule has 13 heteroatoms. The molecule has 2 unspecified atom stereocenters. The molecular formula is C19H21F3N4O5S. The second kappa shape index (κ2) is 9.63. The summed E-state index contributed by atoms with van der Waals surface area (Å²) in [5, 5.41) is 1.42. The molecule has 174 valence electrons. The molecule has 1 fully saturated rings. The zero-order valence-corrected chi connectivity index (χ0v) is 17.6. The fourth-order valence-electron chi connectivity index (χ4n) is 2.89. The molecule has 0 bridgehead atoms. The first-order valence-corrected chi connectivity index (χ1v) is 11.0. The number of nitrogens with one attached hydrogen (secondary N) is 4. The van der Waals surface area contributed by atoms with Crippen molar-refractivity contribution >= 4 is 27.3 Å². The molecule has 1 aliphatic rings. The van der Waals surface area contributed by atoms with Gasteiger partial charge in [0.25, 0.3) is 0 Å². The largest absolute Gasteiger partial charge is 0.573 e. The van der Waals surface area contributed by atoms with E-state index in [1.165, 1.54) is 12.1 Å². The SMILES string of the molecule is CCOc1ccc(NS(=O)(=O)C2CC(C(=O)Nc3ccc(OC(F)(F)F)cc3)NN2)cc1. The third kappa shape index (κ3) is 6.48. The number of hydrogen-bond acceptors (Lipinski definition) is 7. The average molecular weight is 474 g/mol. The van der Waals surface area contributed by atoms with Gasteiger partial charge in [0.1, 0.15) is 22.9 Å². The Morgan fingerprint density at radius 1 is 1.03 bits per heavy atom. The van der Waals surface area contributed by atoms with Gasteiger partial charge < -0.3 is 14.8 Å². The number of ether oxygens (including phenoxy) is 2. The summed E-state index contributed by atoms with van der Waals surface area (Å²) in [6.07, 6.45) is -4.89. The lowest BCUT2D eigenvalue weighted by atomic mass is 10.2. The highest BCUT2D eigenvalue weighted by atomic mass is 32.2. The molecule has 1 saturated heterocycles. The first-order valence-electron chi connectivity index (χ1n) is 9.48. The summed E-state index contributed by atoms with van der Waals surface area (Å²) in [5.41, 5.74) is 5.75. The number of amides is 1. The van der Waals surface area contributed by atoms with Crippen molar-refractivity contribution in [2.45, 2.75) is 31.1 Å². The van der Waals surface area contributed by atoms with Crippen LogP contribution in [0.5, 0.6) is 11.5 Å². The quantitative estimate of drug-likeness (QED) is 0.465. The van der Waals surface area contributed by atoms with E-state index in [1.54, 1.807) is 24.3 Å². The van der Waals surface area contributed by atoms with Gasteiger partial charge in [0.15, 0.2) is 0 Å². The summed E-state index contributed by atoms with van der Waals surface area (Å²) in [7, 11) is -3.87. The summed E-state index contributed by atoms with van der Waals surface area (Å²) < 4.78 is 73.4. The van der Waals surface area contributed by atoms with Crippen LogP contribution in [0.4, 0.5) is 24.5 Å². The minimum absolute atomic E-state index is 0.0759. The highest BCUT2D eigenvalue weighted by molar-refractivity contribution is 7.93. The molecule has 1 amide bonds. The Labute approximate surface area is 182 Å². The summed E-state index contributed by atoms with van der Waals surface area (Å²) in [6, 6.07) is 10.1. The molecule has 0 saturated carbocycles. The molecule has 2 atom stereocenters. The number of benzene rings is 2. The standard InChI is InChI=1S/C19H21F3N4O5S/c1-2-30-14-7-5-13(6-8-14)26-32(28,29)17-11-16(24-25-17)18(27)23-12-3-9-15(10-4-12)31-19(20,21)22/h3-10,16-17,24-26H,2,11H2,1H3,(H,23,27). The van der Waals surface area contributed by atoms with Gasteiger partial charge in [-0.1, -0.05) is 0 Å². The maximum absolute atomic E-state index is 12.6. The van der Waals surface area contributed by atoms with Crippen molar-refractivity contribution in [3.8, 4) is 11.5 Å². The molecule has 2 aromatic rings. The van der Waals surface area contributed by atoms with E-state index in [4.69, 9.17) is 4.74 Å². The monoisotopic (exact) mass is 474 g/mol. The van der Waals surface area contributed by atoms with Gasteiger partial charge in [0.05, 0.1) is 6.61 Å². The van der Waals surface area contributed by atoms with Crippen LogP contribution in [-0.4, -0.2) is 38.7 Å². The molecule has 0 radical (unpaired) electrons. The lowest BCUT2D eigenvalue weighted by Gasteiger charge is -2.14. The zero-order chi connectivity index (χ0) is 23.4. The van der Waals surface area contributed by atoms with Crippen molar-refractivity contribution in [2.24, 2.45) is 0 Å². The van der Waals surface area contributed by atoms with Crippen LogP contribution in [0.2, 0.25) is 0 Å². The van der Waals surface area contributed by atoms with E-state index < -0.39 is 39.5 Å². The van der Waals surface area contributed by atoms with Gasteiger partial charge >= 0.3 is 6.36 Å². The van der Waals surface area contributed by atoms with Crippen molar-refractivity contribution in [1.29, 1.82) is 0 Å². The maximum atomic E-state index is 12.6. The fourth-order valence-corrected chi connectivity index (χ4v) is 4.17. The Morgan fingerprint density at radius 2 is 1.62 bits per heavy atom. The molecule has 9 nitrogen and oxygen atoms in total. The Morgan fingerprint density at radius 3 is 2.22 bits per heavy atom. The number of halogens is 3. The van der Waals surface area contributed by atoms with Crippen molar-refractivity contribution in [1.82, 2.24) is 10.9 Å². The van der Waals surface area contributed by atoms with E-state index in [-0.39, 0.29) is 12.1 Å². The van der Waals surface area contributed by atoms with Crippen LogP contribution >= 0.6 is 0 Å². The Bertz CT molecular complexity index is 1030. The molecule has 1 heterocycles. The Hall–Kier alpha value is -3.03. The molecule has 32 heavy (non-hydrogen) atoms. The van der Waals surface area contributed by atoms with E-state index in [2.05, 4.69) is 25.6 Å². The van der Waals surface area contributed by atoms with Crippen molar-refractivity contribution < 1.29 is 35.9 Å². The van der Waals surface area contributed by atoms with Crippen LogP contribution in [0, 0.1) is 0 Å². The smallest absolute Gasteiger partial charge is 0.494 e. The molecular weight excluding hydrogens is 453 g/mol. The minimum Gasteiger partial charge on any atom is -0.494 e. The highest BCUT2D eigenvalue weighted by Gasteiger charge is 2.37. The zero-order valence-electron chi connectivity index (χ0n) is 16.8. The van der Waals surface area contributed by atoms with E-state index in [1.807, 2.05) is 6.92 Å². The molecule has 3 rings (SSSR count). The van der Waals surface area contributed by atoms with Gasteiger partial charge in [-0.3, -0.25) is 9.52 Å². The molecule has 4 N–H and O–H groups in total. The summed E-state index contributed by atoms with van der Waals surface area (Å²) in [6.45, 7) is 2.32. The molecule has 0 spiro atoms. The number of sulfonamides is 1. The number of rotatable bonds is 8. The predicted octanol–water partition coefficient (Wildman–Crippen LogP) is 2.56. The summed E-state index contributed by atoms with van der Waals surface area (Å²) in [5.74, 6) is -0.380. The normalized spacial score (nSPS) is 18.8. The second-order valence-electron chi connectivity index (χ2n) is 6.73. The Kier molecular flexibility index (Phi) is 7.11. The van der Waals surface area contributed by atoms with Crippen molar-refractivity contribution in [3.63, 3.8) is 0 Å². The lowest BCUT2D eigenvalue weighted by Crippen LogP contribution is -2.42. The topological polar surface area (TPSA) is 118 Å². The van der Waals surface area contributed by atoms with Crippen LogP contribution in [0.3, 0.4) is 0 Å². The van der Waals surface area contributed by atoms with Crippen LogP contribution in [0.25, 0.3) is 0 Å². The fraction of sp³-hybridized carbons (Fsp3) is 0.316. The van der Waals surface area contributed by atoms with Gasteiger partial charge in [-0.15, -0.1) is 13.2 Å². The van der Waals surface area contributed by atoms with Crippen LogP contribution < -0.4 is 30.4 Å². The maximum Gasteiger partial charge on any atom is 0.573 e.